The number of ether oxygens (including phenoxy) is 1. The van der Waals surface area contributed by atoms with E-state index < -0.39 is 23.1 Å². The van der Waals surface area contributed by atoms with Crippen molar-refractivity contribution in [3.05, 3.63) is 30.1 Å². The molecule has 2 rings (SSSR count). The van der Waals surface area contributed by atoms with Gasteiger partial charge in [-0.15, -0.1) is 11.8 Å². The first-order valence-electron chi connectivity index (χ1n) is 7.13. The number of benzene rings is 1. The van der Waals surface area contributed by atoms with E-state index in [0.29, 0.717) is 11.4 Å². The van der Waals surface area contributed by atoms with Crippen molar-refractivity contribution in [1.82, 2.24) is 5.32 Å². The van der Waals surface area contributed by atoms with Crippen LogP contribution in [0.5, 0.6) is 0 Å². The molecule has 124 valence electrons. The number of carbonyl (C=O) groups is 3. The Bertz CT molecular complexity index is 594. The van der Waals surface area contributed by atoms with E-state index in [1.807, 2.05) is 0 Å². The number of nitrogens with one attached hydrogen (secondary N) is 2. The molecule has 1 aromatic rings. The zero-order valence-corrected chi connectivity index (χ0v) is 13.3. The van der Waals surface area contributed by atoms with Gasteiger partial charge < -0.3 is 15.4 Å². The number of hydrogen-bond donors (Lipinski definition) is 2. The first kappa shape index (κ1) is 17.3. The van der Waals surface area contributed by atoms with Gasteiger partial charge in [0.2, 0.25) is 11.8 Å². The molecule has 0 aliphatic carbocycles. The number of rotatable bonds is 5. The Morgan fingerprint density at radius 2 is 2.09 bits per heavy atom. The van der Waals surface area contributed by atoms with Crippen LogP contribution in [0.4, 0.5) is 10.1 Å². The maximum atomic E-state index is 12.8. The van der Waals surface area contributed by atoms with Gasteiger partial charge in [-0.1, -0.05) is 0 Å². The fraction of sp³-hybridized carbons (Fsp3) is 0.400. The fourth-order valence-corrected chi connectivity index (χ4v) is 3.16. The average Bonchev–Trinajstić information content (AvgIpc) is 2.52. The predicted molar refractivity (Wildman–Crippen MR) is 84.5 cm³/mol. The summed E-state index contributed by atoms with van der Waals surface area (Å²) in [7, 11) is 0. The number of thioether (sulfide) groups is 1. The third-order valence-electron chi connectivity index (χ3n) is 3.14. The summed E-state index contributed by atoms with van der Waals surface area (Å²) in [4.78, 5) is 35.5. The van der Waals surface area contributed by atoms with Crippen LogP contribution in [0.3, 0.4) is 0 Å². The van der Waals surface area contributed by atoms with Gasteiger partial charge in [-0.25, -0.2) is 9.18 Å². The number of halogens is 1. The number of esters is 1. The molecule has 6 nitrogen and oxygen atoms in total. The van der Waals surface area contributed by atoms with Crippen LogP contribution in [0.2, 0.25) is 0 Å². The third kappa shape index (κ3) is 4.95. The van der Waals surface area contributed by atoms with Gasteiger partial charge in [0.15, 0.2) is 0 Å². The second kappa shape index (κ2) is 7.96. The fourth-order valence-electron chi connectivity index (χ4n) is 2.03. The van der Waals surface area contributed by atoms with Crippen LogP contribution in [0.15, 0.2) is 24.3 Å². The molecule has 1 aliphatic rings. The molecule has 2 amide bonds. The quantitative estimate of drug-likeness (QED) is 0.790. The lowest BCUT2D eigenvalue weighted by molar-refractivity contribution is -0.146. The molecular formula is C15H17FN2O4S. The van der Waals surface area contributed by atoms with E-state index in [4.69, 9.17) is 4.74 Å². The third-order valence-corrected chi connectivity index (χ3v) is 4.45. The standard InChI is InChI=1S/C15H17FN2O4S/c1-2-22-15(21)11-8-23-12(14(20)18-11)7-13(19)17-10-5-3-9(16)4-6-10/h3-6,11-12H,2,7-8H2,1H3,(H,17,19)(H,18,20). The van der Waals surface area contributed by atoms with Crippen molar-refractivity contribution in [2.75, 3.05) is 17.7 Å². The molecule has 2 unspecified atom stereocenters. The van der Waals surface area contributed by atoms with Crippen molar-refractivity contribution >= 4 is 35.2 Å². The van der Waals surface area contributed by atoms with Crippen molar-refractivity contribution in [3.8, 4) is 0 Å². The first-order valence-corrected chi connectivity index (χ1v) is 8.18. The van der Waals surface area contributed by atoms with E-state index in [1.165, 1.54) is 36.0 Å². The van der Waals surface area contributed by atoms with Crippen molar-refractivity contribution in [2.45, 2.75) is 24.6 Å². The Labute approximate surface area is 137 Å². The molecule has 23 heavy (non-hydrogen) atoms. The average molecular weight is 340 g/mol. The van der Waals surface area contributed by atoms with Crippen molar-refractivity contribution < 1.29 is 23.5 Å². The summed E-state index contributed by atoms with van der Waals surface area (Å²) in [5.41, 5.74) is 0.460. The molecule has 1 aliphatic heterocycles. The summed E-state index contributed by atoms with van der Waals surface area (Å²) in [6.45, 7) is 1.94. The zero-order chi connectivity index (χ0) is 16.8. The minimum atomic E-state index is -0.677. The largest absolute Gasteiger partial charge is 0.464 e. The summed E-state index contributed by atoms with van der Waals surface area (Å²) in [6.07, 6.45) is -0.0244. The smallest absolute Gasteiger partial charge is 0.329 e. The minimum Gasteiger partial charge on any atom is -0.464 e. The number of carbonyl (C=O) groups excluding carboxylic acids is 3. The molecule has 1 aromatic carbocycles. The Kier molecular flexibility index (Phi) is 5.97. The van der Waals surface area contributed by atoms with E-state index in [2.05, 4.69) is 10.6 Å². The molecule has 0 saturated carbocycles. The molecular weight excluding hydrogens is 323 g/mol. The molecule has 1 heterocycles. The highest BCUT2D eigenvalue weighted by Gasteiger charge is 2.34. The Morgan fingerprint density at radius 1 is 1.39 bits per heavy atom. The van der Waals surface area contributed by atoms with E-state index in [1.54, 1.807) is 6.92 Å². The maximum absolute atomic E-state index is 12.8. The highest BCUT2D eigenvalue weighted by molar-refractivity contribution is 8.00. The molecule has 0 radical (unpaired) electrons. The van der Waals surface area contributed by atoms with Gasteiger partial charge in [-0.05, 0) is 31.2 Å². The molecule has 0 aromatic heterocycles. The van der Waals surface area contributed by atoms with Crippen molar-refractivity contribution in [2.24, 2.45) is 0 Å². The molecule has 0 spiro atoms. The summed E-state index contributed by atoms with van der Waals surface area (Å²) >= 11 is 1.24. The Balaban J connectivity index is 1.84. The van der Waals surface area contributed by atoms with Gasteiger partial charge in [0.1, 0.15) is 11.9 Å². The summed E-state index contributed by atoms with van der Waals surface area (Å²) in [5.74, 6) is -1.22. The lowest BCUT2D eigenvalue weighted by Gasteiger charge is -2.27. The second-order valence-corrected chi connectivity index (χ2v) is 6.13. The predicted octanol–water partition coefficient (Wildman–Crippen LogP) is 1.32. The van der Waals surface area contributed by atoms with Gasteiger partial charge in [-0.2, -0.15) is 0 Å². The zero-order valence-electron chi connectivity index (χ0n) is 12.5. The lowest BCUT2D eigenvalue weighted by Crippen LogP contribution is -2.51. The van der Waals surface area contributed by atoms with Gasteiger partial charge in [0.25, 0.3) is 0 Å². The highest BCUT2D eigenvalue weighted by Crippen LogP contribution is 2.22. The summed E-state index contributed by atoms with van der Waals surface area (Å²) < 4.78 is 17.7. The van der Waals surface area contributed by atoms with Gasteiger partial charge in [0.05, 0.1) is 11.9 Å². The van der Waals surface area contributed by atoms with Gasteiger partial charge >= 0.3 is 5.97 Å². The van der Waals surface area contributed by atoms with Crippen molar-refractivity contribution in [3.63, 3.8) is 0 Å². The van der Waals surface area contributed by atoms with E-state index >= 15 is 0 Å². The van der Waals surface area contributed by atoms with E-state index in [-0.39, 0.29) is 24.8 Å². The highest BCUT2D eigenvalue weighted by atomic mass is 32.2. The summed E-state index contributed by atoms with van der Waals surface area (Å²) in [5, 5.41) is 4.60. The molecule has 0 bridgehead atoms. The number of amides is 2. The lowest BCUT2D eigenvalue weighted by atomic mass is 10.2. The van der Waals surface area contributed by atoms with Crippen LogP contribution >= 0.6 is 11.8 Å². The Hall–Kier alpha value is -2.09. The summed E-state index contributed by atoms with van der Waals surface area (Å²) in [6, 6.07) is 4.68. The van der Waals surface area contributed by atoms with Gasteiger partial charge in [0, 0.05) is 17.9 Å². The van der Waals surface area contributed by atoms with Crippen LogP contribution in [0.25, 0.3) is 0 Å². The Morgan fingerprint density at radius 3 is 2.70 bits per heavy atom. The molecule has 1 saturated heterocycles. The second-order valence-electron chi connectivity index (χ2n) is 4.89. The van der Waals surface area contributed by atoms with Gasteiger partial charge in [-0.3, -0.25) is 9.59 Å². The van der Waals surface area contributed by atoms with E-state index in [9.17, 15) is 18.8 Å². The minimum absolute atomic E-state index is 0.0244. The molecule has 2 atom stereocenters. The van der Waals surface area contributed by atoms with Crippen LogP contribution in [-0.2, 0) is 19.1 Å². The number of anilines is 1. The maximum Gasteiger partial charge on any atom is 0.329 e. The monoisotopic (exact) mass is 340 g/mol. The molecule has 8 heteroatoms. The van der Waals surface area contributed by atoms with Crippen molar-refractivity contribution in [1.29, 1.82) is 0 Å². The first-order chi connectivity index (χ1) is 11.0. The van der Waals surface area contributed by atoms with Crippen LogP contribution in [0, 0.1) is 5.82 Å². The molecule has 1 fully saturated rings. The number of hydrogen-bond acceptors (Lipinski definition) is 5. The van der Waals surface area contributed by atoms with Crippen LogP contribution in [-0.4, -0.2) is 41.4 Å². The topological polar surface area (TPSA) is 84.5 Å². The van der Waals surface area contributed by atoms with E-state index in [0.717, 1.165) is 0 Å². The molecule has 2 N–H and O–H groups in total. The SMILES string of the molecule is CCOC(=O)C1CSC(CC(=O)Nc2ccc(F)cc2)C(=O)N1. The normalized spacial score (nSPS) is 20.5. The van der Waals surface area contributed by atoms with Crippen LogP contribution < -0.4 is 10.6 Å². The van der Waals surface area contributed by atoms with Crippen LogP contribution in [0.1, 0.15) is 13.3 Å².